The molecule has 3 rings (SSSR count). The van der Waals surface area contributed by atoms with E-state index < -0.39 is 15.9 Å². The number of nitrogens with one attached hydrogen (secondary N) is 1. The zero-order chi connectivity index (χ0) is 22.3. The van der Waals surface area contributed by atoms with Crippen molar-refractivity contribution in [3.8, 4) is 0 Å². The standard InChI is InChI=1S/C23H33N3O3S2/c1-2-3-4-7-13-25-16-18-12-14-26(17-18)31(28,29)22-11-10-20(30-22)15-19-8-5-6-9-21(19)23(24)27/h5-6,8-11,18,25H,2-4,7,12-17H2,1H3,(H2,24,27)/t18-/m1/s1. The molecular weight excluding hydrogens is 430 g/mol. The van der Waals surface area contributed by atoms with E-state index in [1.165, 1.54) is 37.0 Å². The fourth-order valence-corrected chi connectivity index (χ4v) is 7.05. The Morgan fingerprint density at radius 3 is 2.77 bits per heavy atom. The van der Waals surface area contributed by atoms with Gasteiger partial charge in [-0.05, 0) is 55.6 Å². The van der Waals surface area contributed by atoms with E-state index in [9.17, 15) is 13.2 Å². The Kier molecular flexibility index (Phi) is 8.66. The maximum absolute atomic E-state index is 13.1. The molecule has 1 amide bonds. The highest BCUT2D eigenvalue weighted by molar-refractivity contribution is 7.91. The van der Waals surface area contributed by atoms with Gasteiger partial charge in [0.05, 0.1) is 0 Å². The van der Waals surface area contributed by atoms with Gasteiger partial charge in [-0.2, -0.15) is 4.31 Å². The lowest BCUT2D eigenvalue weighted by Gasteiger charge is -2.16. The number of hydrogen-bond acceptors (Lipinski definition) is 5. The van der Waals surface area contributed by atoms with Gasteiger partial charge in [-0.25, -0.2) is 8.42 Å². The molecule has 1 aromatic carbocycles. The monoisotopic (exact) mass is 463 g/mol. The van der Waals surface area contributed by atoms with Crippen LogP contribution in [0.5, 0.6) is 0 Å². The van der Waals surface area contributed by atoms with Gasteiger partial charge in [0.15, 0.2) is 0 Å². The van der Waals surface area contributed by atoms with Crippen LogP contribution in [0, 0.1) is 5.92 Å². The number of nitrogens with zero attached hydrogens (tertiary/aromatic N) is 1. The number of carbonyl (C=O) groups is 1. The lowest BCUT2D eigenvalue weighted by atomic mass is 10.0. The van der Waals surface area contributed by atoms with Gasteiger partial charge in [0.25, 0.3) is 10.0 Å². The van der Waals surface area contributed by atoms with E-state index in [0.717, 1.165) is 30.0 Å². The smallest absolute Gasteiger partial charge is 0.252 e. The summed E-state index contributed by atoms with van der Waals surface area (Å²) < 4.78 is 28.2. The number of sulfonamides is 1. The minimum Gasteiger partial charge on any atom is -0.366 e. The first-order chi connectivity index (χ1) is 14.9. The second-order valence-electron chi connectivity index (χ2n) is 8.20. The van der Waals surface area contributed by atoms with Crippen molar-refractivity contribution in [2.75, 3.05) is 26.2 Å². The lowest BCUT2D eigenvalue weighted by Crippen LogP contribution is -2.30. The first-order valence-corrected chi connectivity index (χ1v) is 13.3. The van der Waals surface area contributed by atoms with E-state index >= 15 is 0 Å². The summed E-state index contributed by atoms with van der Waals surface area (Å²) in [7, 11) is -3.48. The molecule has 0 aliphatic carbocycles. The number of unbranched alkanes of at least 4 members (excludes halogenated alkanes) is 3. The van der Waals surface area contributed by atoms with Crippen LogP contribution < -0.4 is 11.1 Å². The Balaban J connectivity index is 1.56. The predicted octanol–water partition coefficient (Wildman–Crippen LogP) is 3.62. The first kappa shape index (κ1) is 23.9. The highest BCUT2D eigenvalue weighted by Crippen LogP contribution is 2.30. The zero-order valence-electron chi connectivity index (χ0n) is 18.2. The van der Waals surface area contributed by atoms with Crippen molar-refractivity contribution in [2.45, 2.75) is 49.7 Å². The van der Waals surface area contributed by atoms with Gasteiger partial charge >= 0.3 is 0 Å². The van der Waals surface area contributed by atoms with Gasteiger partial charge in [-0.15, -0.1) is 11.3 Å². The number of rotatable bonds is 12. The largest absolute Gasteiger partial charge is 0.366 e. The van der Waals surface area contributed by atoms with Gasteiger partial charge in [0, 0.05) is 30.0 Å². The number of benzene rings is 1. The molecule has 1 saturated heterocycles. The Labute approximate surface area is 189 Å². The quantitative estimate of drug-likeness (QED) is 0.470. The molecule has 170 valence electrons. The summed E-state index contributed by atoms with van der Waals surface area (Å²) in [5, 5.41) is 3.49. The van der Waals surface area contributed by atoms with Crippen LogP contribution in [0.1, 0.15) is 59.8 Å². The van der Waals surface area contributed by atoms with Crippen LogP contribution in [0.15, 0.2) is 40.6 Å². The van der Waals surface area contributed by atoms with Crippen molar-refractivity contribution in [3.05, 3.63) is 52.4 Å². The Bertz CT molecular complexity index is 972. The molecular formula is C23H33N3O3S2. The van der Waals surface area contributed by atoms with Gasteiger partial charge in [0.1, 0.15) is 4.21 Å². The molecule has 3 N–H and O–H groups in total. The molecule has 1 aliphatic heterocycles. The second kappa shape index (κ2) is 11.2. The molecule has 2 aromatic rings. The van der Waals surface area contributed by atoms with E-state index in [4.69, 9.17) is 5.73 Å². The topological polar surface area (TPSA) is 92.5 Å². The highest BCUT2D eigenvalue weighted by Gasteiger charge is 2.33. The van der Waals surface area contributed by atoms with Crippen molar-refractivity contribution in [2.24, 2.45) is 11.7 Å². The molecule has 0 bridgehead atoms. The fraction of sp³-hybridized carbons (Fsp3) is 0.522. The Morgan fingerprint density at radius 2 is 2.00 bits per heavy atom. The van der Waals surface area contributed by atoms with Gasteiger partial charge < -0.3 is 11.1 Å². The third-order valence-corrected chi connectivity index (χ3v) is 9.19. The summed E-state index contributed by atoms with van der Waals surface area (Å²) in [6, 6.07) is 10.7. The highest BCUT2D eigenvalue weighted by atomic mass is 32.2. The lowest BCUT2D eigenvalue weighted by molar-refractivity contribution is 0.0999. The van der Waals surface area contributed by atoms with Crippen LogP contribution in [0.3, 0.4) is 0 Å². The van der Waals surface area contributed by atoms with E-state index in [1.807, 2.05) is 18.2 Å². The molecule has 1 aliphatic rings. The Hall–Kier alpha value is -1.74. The minimum absolute atomic E-state index is 0.364. The molecule has 8 heteroatoms. The first-order valence-electron chi connectivity index (χ1n) is 11.1. The summed E-state index contributed by atoms with van der Waals surface area (Å²) >= 11 is 1.27. The SMILES string of the molecule is CCCCCCNC[C@H]1CCN(S(=O)(=O)c2ccc(Cc3ccccc3C(N)=O)s2)C1. The number of amides is 1. The van der Waals surface area contributed by atoms with Crippen molar-refractivity contribution in [1.82, 2.24) is 9.62 Å². The van der Waals surface area contributed by atoms with Crippen LogP contribution in [0.2, 0.25) is 0 Å². The van der Waals surface area contributed by atoms with Crippen LogP contribution in [-0.4, -0.2) is 44.8 Å². The number of nitrogens with two attached hydrogens (primary N) is 1. The normalized spacial score (nSPS) is 17.3. The molecule has 31 heavy (non-hydrogen) atoms. The molecule has 1 fully saturated rings. The molecule has 1 atom stereocenters. The average Bonchev–Trinajstić information content (AvgIpc) is 3.41. The molecule has 2 heterocycles. The second-order valence-corrected chi connectivity index (χ2v) is 11.5. The molecule has 1 aromatic heterocycles. The minimum atomic E-state index is -3.48. The van der Waals surface area contributed by atoms with Crippen molar-refractivity contribution >= 4 is 27.3 Å². The number of hydrogen-bond donors (Lipinski definition) is 2. The summed E-state index contributed by atoms with van der Waals surface area (Å²) in [5.74, 6) is -0.107. The maximum Gasteiger partial charge on any atom is 0.252 e. The number of thiophene rings is 1. The third-order valence-electron chi connectivity index (χ3n) is 5.77. The van der Waals surface area contributed by atoms with Crippen LogP contribution in [0.25, 0.3) is 0 Å². The summed E-state index contributed by atoms with van der Waals surface area (Å²) in [4.78, 5) is 12.5. The van der Waals surface area contributed by atoms with Crippen molar-refractivity contribution in [1.29, 1.82) is 0 Å². The zero-order valence-corrected chi connectivity index (χ0v) is 19.8. The molecule has 0 unspecified atom stereocenters. The van der Waals surface area contributed by atoms with Gasteiger partial charge in [0.2, 0.25) is 5.91 Å². The van der Waals surface area contributed by atoms with E-state index in [1.54, 1.807) is 22.5 Å². The molecule has 0 saturated carbocycles. The number of primary amides is 1. The van der Waals surface area contributed by atoms with Gasteiger partial charge in [-0.3, -0.25) is 4.79 Å². The van der Waals surface area contributed by atoms with Crippen LogP contribution >= 0.6 is 11.3 Å². The van der Waals surface area contributed by atoms with Crippen LogP contribution in [0.4, 0.5) is 0 Å². The third kappa shape index (κ3) is 6.38. The predicted molar refractivity (Wildman–Crippen MR) is 126 cm³/mol. The van der Waals surface area contributed by atoms with E-state index in [0.29, 0.717) is 35.2 Å². The van der Waals surface area contributed by atoms with E-state index in [-0.39, 0.29) is 0 Å². The van der Waals surface area contributed by atoms with E-state index in [2.05, 4.69) is 12.2 Å². The average molecular weight is 464 g/mol. The summed E-state index contributed by atoms with van der Waals surface area (Å²) in [6.45, 7) is 5.23. The van der Waals surface area contributed by atoms with Gasteiger partial charge in [-0.1, -0.05) is 44.4 Å². The fourth-order valence-electron chi connectivity index (χ4n) is 3.99. The molecule has 0 spiro atoms. The van der Waals surface area contributed by atoms with Crippen LogP contribution in [-0.2, 0) is 16.4 Å². The Morgan fingerprint density at radius 1 is 1.19 bits per heavy atom. The maximum atomic E-state index is 13.1. The molecule has 6 nitrogen and oxygen atoms in total. The summed E-state index contributed by atoms with van der Waals surface area (Å²) in [5.41, 5.74) is 6.75. The molecule has 0 radical (unpaired) electrons. The summed E-state index contributed by atoms with van der Waals surface area (Å²) in [6.07, 6.45) is 6.32. The number of carbonyl (C=O) groups excluding carboxylic acids is 1. The van der Waals surface area contributed by atoms with Crippen molar-refractivity contribution < 1.29 is 13.2 Å². The van der Waals surface area contributed by atoms with Crippen molar-refractivity contribution in [3.63, 3.8) is 0 Å².